The van der Waals surface area contributed by atoms with Gasteiger partial charge in [0.25, 0.3) is 0 Å². The smallest absolute Gasteiger partial charge is 0.356 e. The molecule has 0 spiro atoms. The van der Waals surface area contributed by atoms with E-state index in [1.807, 2.05) is 29.2 Å². The van der Waals surface area contributed by atoms with Crippen LogP contribution in [0.3, 0.4) is 0 Å². The molecule has 0 radical (unpaired) electrons. The number of nitrogens with zero attached hydrogens (tertiary/aromatic N) is 3. The highest BCUT2D eigenvalue weighted by molar-refractivity contribution is 5.89. The second-order valence-electron chi connectivity index (χ2n) is 5.13. The first-order chi connectivity index (χ1) is 10.6. The molecule has 1 fully saturated rings. The van der Waals surface area contributed by atoms with Crippen LogP contribution in [0.5, 0.6) is 0 Å². The molecule has 0 aliphatic carbocycles. The van der Waals surface area contributed by atoms with Gasteiger partial charge in [-0.1, -0.05) is 18.2 Å². The first-order valence-electron chi connectivity index (χ1n) is 6.94. The molecular formula is C15H16N4O3. The number of carboxylic acid groups (broad SMARTS) is 1. The molecule has 7 heteroatoms. The second kappa shape index (κ2) is 5.51. The lowest BCUT2D eigenvalue weighted by Crippen LogP contribution is -2.47. The van der Waals surface area contributed by atoms with E-state index in [1.54, 1.807) is 17.8 Å². The van der Waals surface area contributed by atoms with Crippen molar-refractivity contribution in [1.82, 2.24) is 15.1 Å². The lowest BCUT2D eigenvalue weighted by molar-refractivity contribution is -0.120. The Morgan fingerprint density at radius 3 is 2.82 bits per heavy atom. The number of amides is 1. The quantitative estimate of drug-likeness (QED) is 0.872. The maximum absolute atomic E-state index is 11.6. The summed E-state index contributed by atoms with van der Waals surface area (Å²) in [5.74, 6) is -1.08. The number of aryl methyl sites for hydroxylation is 1. The number of piperazine rings is 1. The molecule has 1 saturated heterocycles. The zero-order valence-corrected chi connectivity index (χ0v) is 12.1. The number of benzene rings is 1. The van der Waals surface area contributed by atoms with Crippen LogP contribution < -0.4 is 10.2 Å². The molecule has 1 amide bonds. The van der Waals surface area contributed by atoms with Crippen LogP contribution in [0, 0.1) is 0 Å². The van der Waals surface area contributed by atoms with E-state index in [1.165, 1.54) is 0 Å². The minimum absolute atomic E-state index is 0.00342. The summed E-state index contributed by atoms with van der Waals surface area (Å²) in [6, 6.07) is 9.17. The number of carboxylic acids is 1. The molecule has 114 valence electrons. The number of para-hydroxylation sites is 1. The average Bonchev–Trinajstić information content (AvgIpc) is 2.89. The first-order valence-corrected chi connectivity index (χ1v) is 6.94. The van der Waals surface area contributed by atoms with E-state index in [-0.39, 0.29) is 11.6 Å². The van der Waals surface area contributed by atoms with Gasteiger partial charge in [-0.15, -0.1) is 0 Å². The highest BCUT2D eigenvalue weighted by Crippen LogP contribution is 2.31. The Kier molecular flexibility index (Phi) is 3.54. The molecule has 0 unspecified atom stereocenters. The summed E-state index contributed by atoms with van der Waals surface area (Å²) in [7, 11) is 1.71. The maximum atomic E-state index is 11.6. The van der Waals surface area contributed by atoms with E-state index in [0.29, 0.717) is 25.3 Å². The van der Waals surface area contributed by atoms with E-state index in [4.69, 9.17) is 5.11 Å². The maximum Gasteiger partial charge on any atom is 0.356 e. The first kappa shape index (κ1) is 14.1. The van der Waals surface area contributed by atoms with Gasteiger partial charge in [-0.25, -0.2) is 4.79 Å². The molecule has 0 saturated carbocycles. The Bertz CT molecular complexity index is 738. The molecule has 2 N–H and O–H groups in total. The number of nitrogens with one attached hydrogen (secondary N) is 1. The molecule has 7 nitrogen and oxygen atoms in total. The van der Waals surface area contributed by atoms with Gasteiger partial charge in [0.2, 0.25) is 5.91 Å². The largest absolute Gasteiger partial charge is 0.476 e. The second-order valence-corrected chi connectivity index (χ2v) is 5.13. The van der Waals surface area contributed by atoms with Crippen LogP contribution in [0.15, 0.2) is 30.3 Å². The number of hydrogen-bond acceptors (Lipinski definition) is 4. The van der Waals surface area contributed by atoms with Gasteiger partial charge in [0.1, 0.15) is 0 Å². The van der Waals surface area contributed by atoms with Crippen molar-refractivity contribution < 1.29 is 14.7 Å². The van der Waals surface area contributed by atoms with Crippen LogP contribution in [0.25, 0.3) is 11.3 Å². The number of hydrogen-bond donors (Lipinski definition) is 2. The number of aromatic nitrogens is 2. The third-order valence-electron chi connectivity index (χ3n) is 3.66. The summed E-state index contributed by atoms with van der Waals surface area (Å²) < 4.78 is 1.55. The number of rotatable bonds is 3. The molecular weight excluding hydrogens is 284 g/mol. The molecule has 2 heterocycles. The summed E-state index contributed by atoms with van der Waals surface area (Å²) in [5, 5.41) is 15.9. The third kappa shape index (κ3) is 2.52. The fourth-order valence-corrected chi connectivity index (χ4v) is 2.63. The normalized spacial score (nSPS) is 14.8. The van der Waals surface area contributed by atoms with Gasteiger partial charge >= 0.3 is 5.97 Å². The minimum atomic E-state index is -1.06. The van der Waals surface area contributed by atoms with Gasteiger partial charge in [0, 0.05) is 31.4 Å². The van der Waals surface area contributed by atoms with Crippen molar-refractivity contribution in [3.63, 3.8) is 0 Å². The lowest BCUT2D eigenvalue weighted by Gasteiger charge is -2.30. The van der Waals surface area contributed by atoms with Crippen molar-refractivity contribution >= 4 is 17.6 Å². The van der Waals surface area contributed by atoms with E-state index in [0.717, 1.165) is 11.3 Å². The van der Waals surface area contributed by atoms with E-state index >= 15 is 0 Å². The van der Waals surface area contributed by atoms with Gasteiger partial charge in [0.05, 0.1) is 12.2 Å². The van der Waals surface area contributed by atoms with Gasteiger partial charge in [-0.3, -0.25) is 9.48 Å². The Labute approximate surface area is 127 Å². The van der Waals surface area contributed by atoms with Crippen LogP contribution >= 0.6 is 0 Å². The van der Waals surface area contributed by atoms with E-state index in [2.05, 4.69) is 10.4 Å². The zero-order chi connectivity index (χ0) is 15.7. The van der Waals surface area contributed by atoms with Crippen molar-refractivity contribution in [2.45, 2.75) is 0 Å². The minimum Gasteiger partial charge on any atom is -0.476 e. The van der Waals surface area contributed by atoms with Crippen molar-refractivity contribution in [2.24, 2.45) is 7.05 Å². The highest BCUT2D eigenvalue weighted by Gasteiger charge is 2.21. The molecule has 1 aliphatic heterocycles. The van der Waals surface area contributed by atoms with Crippen molar-refractivity contribution in [2.75, 3.05) is 24.5 Å². The highest BCUT2D eigenvalue weighted by atomic mass is 16.4. The van der Waals surface area contributed by atoms with Crippen molar-refractivity contribution in [3.8, 4) is 11.3 Å². The van der Waals surface area contributed by atoms with Gasteiger partial charge in [-0.05, 0) is 12.1 Å². The predicted molar refractivity (Wildman–Crippen MR) is 80.8 cm³/mol. The summed E-state index contributed by atoms with van der Waals surface area (Å²) in [6.07, 6.45) is 0. The van der Waals surface area contributed by atoms with E-state index < -0.39 is 5.97 Å². The molecule has 1 aromatic carbocycles. The van der Waals surface area contributed by atoms with Crippen LogP contribution in [-0.2, 0) is 11.8 Å². The molecule has 22 heavy (non-hydrogen) atoms. The SMILES string of the molecule is Cn1nc(C(=O)O)cc1-c1ccccc1N1CCNC(=O)C1. The van der Waals surface area contributed by atoms with Crippen LogP contribution in [0.4, 0.5) is 5.69 Å². The monoisotopic (exact) mass is 300 g/mol. The van der Waals surface area contributed by atoms with Crippen LogP contribution in [0.2, 0.25) is 0 Å². The Morgan fingerprint density at radius 1 is 1.36 bits per heavy atom. The summed E-state index contributed by atoms with van der Waals surface area (Å²) in [6.45, 7) is 1.60. The summed E-state index contributed by atoms with van der Waals surface area (Å²) >= 11 is 0. The molecule has 0 bridgehead atoms. The number of anilines is 1. The topological polar surface area (TPSA) is 87.5 Å². The lowest BCUT2D eigenvalue weighted by atomic mass is 10.1. The van der Waals surface area contributed by atoms with Gasteiger partial charge in [0.15, 0.2) is 5.69 Å². The number of carbonyl (C=O) groups is 2. The number of carbonyl (C=O) groups excluding carboxylic acids is 1. The molecule has 1 aromatic heterocycles. The molecule has 0 atom stereocenters. The zero-order valence-electron chi connectivity index (χ0n) is 12.1. The van der Waals surface area contributed by atoms with E-state index in [9.17, 15) is 9.59 Å². The van der Waals surface area contributed by atoms with Crippen molar-refractivity contribution in [3.05, 3.63) is 36.0 Å². The predicted octanol–water partition coefficient (Wildman–Crippen LogP) is 0.721. The fraction of sp³-hybridized carbons (Fsp3) is 0.267. The molecule has 1 aliphatic rings. The molecule has 2 aromatic rings. The average molecular weight is 300 g/mol. The fourth-order valence-electron chi connectivity index (χ4n) is 2.63. The molecule has 3 rings (SSSR count). The Balaban J connectivity index is 2.04. The van der Waals surface area contributed by atoms with Crippen molar-refractivity contribution in [1.29, 1.82) is 0 Å². The third-order valence-corrected chi connectivity index (χ3v) is 3.66. The summed E-state index contributed by atoms with van der Waals surface area (Å²) in [4.78, 5) is 24.7. The number of aromatic carboxylic acids is 1. The summed E-state index contributed by atoms with van der Waals surface area (Å²) in [5.41, 5.74) is 2.47. The Hall–Kier alpha value is -2.83. The Morgan fingerprint density at radius 2 is 2.14 bits per heavy atom. The van der Waals surface area contributed by atoms with Crippen LogP contribution in [0.1, 0.15) is 10.5 Å². The van der Waals surface area contributed by atoms with Crippen LogP contribution in [-0.4, -0.2) is 46.4 Å². The van der Waals surface area contributed by atoms with Gasteiger partial charge < -0.3 is 15.3 Å². The van der Waals surface area contributed by atoms with Gasteiger partial charge in [-0.2, -0.15) is 5.10 Å². The standard InChI is InChI=1S/C15H16N4O3/c1-18-13(8-11(17-18)15(21)22)10-4-2-3-5-12(10)19-7-6-16-14(20)9-19/h2-5,8H,6-7,9H2,1H3,(H,16,20)(H,21,22).